The van der Waals surface area contributed by atoms with Gasteiger partial charge in [0.25, 0.3) is 0 Å². The predicted molar refractivity (Wildman–Crippen MR) is 122 cm³/mol. The molecule has 12 heteroatoms. The van der Waals surface area contributed by atoms with Gasteiger partial charge in [-0.1, -0.05) is 60.7 Å². The molecule has 0 aliphatic heterocycles. The molecule has 2 rings (SSSR count). The van der Waals surface area contributed by atoms with Crippen LogP contribution in [-0.4, -0.2) is 44.3 Å². The van der Waals surface area contributed by atoms with Crippen LogP contribution in [0.25, 0.3) is 0 Å². The molecule has 0 spiro atoms. The molecule has 5 N–H and O–H groups in total. The van der Waals surface area contributed by atoms with Gasteiger partial charge in [0.15, 0.2) is 0 Å². The summed E-state index contributed by atoms with van der Waals surface area (Å²) in [5, 5.41) is 17.3. The molecule has 0 bridgehead atoms. The van der Waals surface area contributed by atoms with Crippen LogP contribution >= 0.6 is 12.4 Å². The molecule has 0 radical (unpaired) electrons. The maximum atomic E-state index is 11.4. The first-order valence-corrected chi connectivity index (χ1v) is 9.35. The van der Waals surface area contributed by atoms with Crippen LogP contribution in [0.3, 0.4) is 0 Å². The Hall–Kier alpha value is -2.17. The van der Waals surface area contributed by atoms with Crippen molar-refractivity contribution in [3.8, 4) is 6.26 Å². The SMILES string of the molecule is COC(=O)C(Cc1ccccc1)NC(N)=O.COC(=O)C(N)Cc1ccccc1.Cl.N#C[O-].[K+]. The smallest absolute Gasteiger partial charge is 0.812 e. The van der Waals surface area contributed by atoms with E-state index in [1.54, 1.807) is 0 Å². The van der Waals surface area contributed by atoms with Crippen molar-refractivity contribution in [3.05, 3.63) is 71.8 Å². The molecular formula is C22H28ClKN4O6. The van der Waals surface area contributed by atoms with E-state index in [9.17, 15) is 14.4 Å². The maximum Gasteiger partial charge on any atom is 1.00 e. The van der Waals surface area contributed by atoms with Crippen molar-refractivity contribution in [2.45, 2.75) is 24.9 Å². The minimum absolute atomic E-state index is 0. The third-order valence-electron chi connectivity index (χ3n) is 3.89. The van der Waals surface area contributed by atoms with Crippen LogP contribution < -0.4 is 73.3 Å². The molecule has 2 amide bonds. The van der Waals surface area contributed by atoms with Crippen molar-refractivity contribution in [1.29, 1.82) is 5.26 Å². The van der Waals surface area contributed by atoms with Crippen LogP contribution in [0.2, 0.25) is 0 Å². The number of nitrogens with zero attached hydrogens (tertiary/aromatic N) is 1. The summed E-state index contributed by atoms with van der Waals surface area (Å²) in [6.45, 7) is 0. The average Bonchev–Trinajstić information content (AvgIpc) is 2.79. The van der Waals surface area contributed by atoms with E-state index in [1.807, 2.05) is 60.7 Å². The number of nitrogens with two attached hydrogens (primary N) is 2. The number of rotatable bonds is 7. The van der Waals surface area contributed by atoms with Gasteiger partial charge in [-0.2, -0.15) is 0 Å². The van der Waals surface area contributed by atoms with Gasteiger partial charge < -0.3 is 31.4 Å². The number of hydrogen-bond donors (Lipinski definition) is 3. The molecule has 180 valence electrons. The molecule has 2 unspecified atom stereocenters. The van der Waals surface area contributed by atoms with Crippen LogP contribution in [-0.2, 0) is 31.9 Å². The fraction of sp³-hybridized carbons (Fsp3) is 0.273. The summed E-state index contributed by atoms with van der Waals surface area (Å²) in [5.74, 6) is -0.883. The minimum atomic E-state index is -0.745. The second kappa shape index (κ2) is 22.6. The molecule has 0 saturated heterocycles. The third kappa shape index (κ3) is 17.3. The maximum absolute atomic E-state index is 11.4. The van der Waals surface area contributed by atoms with E-state index < -0.39 is 24.1 Å². The zero-order valence-corrected chi connectivity index (χ0v) is 23.2. The quantitative estimate of drug-likeness (QED) is 0.203. The summed E-state index contributed by atoms with van der Waals surface area (Å²) in [7, 11) is 2.61. The first kappa shape index (κ1) is 36.4. The Morgan fingerprint density at radius 2 is 1.32 bits per heavy atom. The number of nitriles is 1. The van der Waals surface area contributed by atoms with Gasteiger partial charge >= 0.3 is 69.4 Å². The number of primary amides is 1. The Bertz CT molecular complexity index is 869. The summed E-state index contributed by atoms with van der Waals surface area (Å²) in [5.41, 5.74) is 12.5. The van der Waals surface area contributed by atoms with Crippen LogP contribution in [0.4, 0.5) is 4.79 Å². The van der Waals surface area contributed by atoms with Crippen LogP contribution in [0.1, 0.15) is 11.1 Å². The van der Waals surface area contributed by atoms with Gasteiger partial charge in [0.2, 0.25) is 0 Å². The second-order valence-electron chi connectivity index (χ2n) is 6.18. The van der Waals surface area contributed by atoms with Gasteiger partial charge in [0, 0.05) is 12.7 Å². The number of halogens is 1. The summed E-state index contributed by atoms with van der Waals surface area (Å²) in [4.78, 5) is 33.1. The number of benzene rings is 2. The molecule has 0 aliphatic carbocycles. The second-order valence-corrected chi connectivity index (χ2v) is 6.18. The number of esters is 2. The molecule has 0 saturated carbocycles. The number of carbonyl (C=O) groups excluding carboxylic acids is 3. The monoisotopic (exact) mass is 518 g/mol. The number of hydrogen-bond acceptors (Lipinski definition) is 8. The number of urea groups is 1. The number of carbonyl (C=O) groups is 3. The summed E-state index contributed by atoms with van der Waals surface area (Å²) in [6, 6.07) is 16.9. The van der Waals surface area contributed by atoms with Crippen LogP contribution in [0.15, 0.2) is 60.7 Å². The zero-order valence-electron chi connectivity index (χ0n) is 19.3. The molecule has 2 atom stereocenters. The van der Waals surface area contributed by atoms with E-state index in [4.69, 9.17) is 21.8 Å². The molecule has 0 heterocycles. The summed E-state index contributed by atoms with van der Waals surface area (Å²) >= 11 is 0. The Morgan fingerprint density at radius 1 is 0.941 bits per heavy atom. The van der Waals surface area contributed by atoms with Gasteiger partial charge in [-0.25, -0.2) is 14.9 Å². The van der Waals surface area contributed by atoms with E-state index in [2.05, 4.69) is 14.8 Å². The Kier molecular flexibility index (Phi) is 24.2. The molecule has 0 aromatic heterocycles. The van der Waals surface area contributed by atoms with E-state index >= 15 is 0 Å². The Balaban J connectivity index is -0.000000487. The van der Waals surface area contributed by atoms with Crippen LogP contribution in [0, 0.1) is 11.5 Å². The van der Waals surface area contributed by atoms with E-state index in [-0.39, 0.29) is 69.8 Å². The summed E-state index contributed by atoms with van der Waals surface area (Å²) in [6.07, 6.45) is 1.38. The van der Waals surface area contributed by atoms with E-state index in [0.717, 1.165) is 11.1 Å². The molecule has 34 heavy (non-hydrogen) atoms. The molecule has 10 nitrogen and oxygen atoms in total. The first-order valence-electron chi connectivity index (χ1n) is 9.35. The van der Waals surface area contributed by atoms with E-state index in [1.165, 1.54) is 14.2 Å². The summed E-state index contributed by atoms with van der Waals surface area (Å²) < 4.78 is 9.10. The normalized spacial score (nSPS) is 10.3. The third-order valence-corrected chi connectivity index (χ3v) is 3.89. The molecule has 2 aromatic rings. The average molecular weight is 519 g/mol. The van der Waals surface area contributed by atoms with Crippen LogP contribution in [0.5, 0.6) is 0 Å². The topological polar surface area (TPSA) is 181 Å². The van der Waals surface area contributed by atoms with Gasteiger partial charge in [0.1, 0.15) is 12.1 Å². The van der Waals surface area contributed by atoms with Crippen molar-refractivity contribution in [2.75, 3.05) is 14.2 Å². The fourth-order valence-corrected chi connectivity index (χ4v) is 2.46. The molecular weight excluding hydrogens is 491 g/mol. The van der Waals surface area contributed by atoms with Gasteiger partial charge in [-0.15, -0.1) is 12.4 Å². The van der Waals surface area contributed by atoms with Gasteiger partial charge in [-0.3, -0.25) is 4.79 Å². The molecule has 0 fully saturated rings. The van der Waals surface area contributed by atoms with Gasteiger partial charge in [0.05, 0.1) is 14.2 Å². The van der Waals surface area contributed by atoms with Crippen molar-refractivity contribution >= 4 is 30.4 Å². The van der Waals surface area contributed by atoms with Crippen molar-refractivity contribution < 1.29 is 80.3 Å². The van der Waals surface area contributed by atoms with E-state index in [0.29, 0.717) is 19.1 Å². The fourth-order valence-electron chi connectivity index (χ4n) is 2.46. The first-order chi connectivity index (χ1) is 15.3. The molecule has 0 aliphatic rings. The molecule has 2 aromatic carbocycles. The predicted octanol–water partition coefficient (Wildman–Crippen LogP) is -2.58. The number of nitrogens with one attached hydrogen (secondary N) is 1. The van der Waals surface area contributed by atoms with Crippen molar-refractivity contribution in [2.24, 2.45) is 11.5 Å². The number of methoxy groups -OCH3 is 2. The Morgan fingerprint density at radius 3 is 1.68 bits per heavy atom. The van der Waals surface area contributed by atoms with Crippen molar-refractivity contribution in [1.82, 2.24) is 5.32 Å². The van der Waals surface area contributed by atoms with Gasteiger partial charge in [-0.05, 0) is 17.5 Å². The standard InChI is InChI=1S/C11H14N2O3.C10H13NO2.CHNO.ClH.K/c1-16-10(14)9(13-11(12)15)7-8-5-3-2-4-6-8;1-13-10(12)9(11)7-8-5-3-2-4-6-8;2-1-3;;/h2-6,9H,7H2,1H3,(H3,12,13,15);2-6,9H,7,11H2,1H3;3H;1H;/q;;;;+1/p-1. The Labute approximate surface area is 247 Å². The largest absolute Gasteiger partial charge is 1.00 e. The number of amides is 2. The zero-order chi connectivity index (χ0) is 24.4. The number of ether oxygens (including phenoxy) is 2. The van der Waals surface area contributed by atoms with Crippen molar-refractivity contribution in [3.63, 3.8) is 0 Å². The minimum Gasteiger partial charge on any atom is -0.812 e.